The van der Waals surface area contributed by atoms with Crippen LogP contribution >= 0.6 is 0 Å². The number of ether oxygens (including phenoxy) is 1. The Morgan fingerprint density at radius 1 is 1.10 bits per heavy atom. The molecule has 3 rings (SSSR count). The first-order chi connectivity index (χ1) is 13.6. The van der Waals surface area contributed by atoms with Gasteiger partial charge in [0.15, 0.2) is 0 Å². The Bertz CT molecular complexity index is 1130. The summed E-state index contributed by atoms with van der Waals surface area (Å²) in [4.78, 5) is 11.8. The van der Waals surface area contributed by atoms with Crippen molar-refractivity contribution < 1.29 is 22.3 Å². The fourth-order valence-corrected chi connectivity index (χ4v) is 4.34. The van der Waals surface area contributed by atoms with Gasteiger partial charge in [-0.2, -0.15) is 0 Å². The maximum Gasteiger partial charge on any atom is 0.407 e. The molecule has 0 fully saturated rings. The van der Waals surface area contributed by atoms with Crippen LogP contribution in [0.3, 0.4) is 0 Å². The highest BCUT2D eigenvalue weighted by molar-refractivity contribution is 7.90. The van der Waals surface area contributed by atoms with Gasteiger partial charge in [0.25, 0.3) is 10.0 Å². The van der Waals surface area contributed by atoms with Crippen LogP contribution in [0.25, 0.3) is 10.9 Å². The van der Waals surface area contributed by atoms with E-state index in [2.05, 4.69) is 5.32 Å². The number of fused-ring (bicyclic) bond motifs is 1. The predicted octanol–water partition coefficient (Wildman–Crippen LogP) is 4.08. The molecule has 1 N–H and O–H groups in total. The highest BCUT2D eigenvalue weighted by Gasteiger charge is 2.21. The summed E-state index contributed by atoms with van der Waals surface area (Å²) in [6.45, 7) is 5.63. The van der Waals surface area contributed by atoms with Crippen LogP contribution in [-0.2, 0) is 21.2 Å². The molecule has 0 aliphatic rings. The molecule has 0 saturated heterocycles. The van der Waals surface area contributed by atoms with E-state index >= 15 is 0 Å². The Labute approximate surface area is 169 Å². The minimum atomic E-state index is -3.89. The lowest BCUT2D eigenvalue weighted by Gasteiger charge is -2.19. The van der Waals surface area contributed by atoms with Crippen LogP contribution in [0.4, 0.5) is 9.18 Å². The van der Waals surface area contributed by atoms with Crippen molar-refractivity contribution in [1.29, 1.82) is 0 Å². The molecule has 1 amide bonds. The molecule has 0 spiro atoms. The van der Waals surface area contributed by atoms with E-state index in [-0.39, 0.29) is 4.90 Å². The quantitative estimate of drug-likeness (QED) is 0.677. The molecule has 2 aromatic carbocycles. The van der Waals surface area contributed by atoms with Crippen LogP contribution in [0.5, 0.6) is 0 Å². The van der Waals surface area contributed by atoms with Crippen LogP contribution in [-0.4, -0.2) is 30.6 Å². The number of hydrogen-bond donors (Lipinski definition) is 1. The van der Waals surface area contributed by atoms with Gasteiger partial charge in [-0.15, -0.1) is 0 Å². The van der Waals surface area contributed by atoms with E-state index in [1.54, 1.807) is 39.1 Å². The number of amides is 1. The molecule has 1 aromatic heterocycles. The maximum absolute atomic E-state index is 13.2. The zero-order chi connectivity index (χ0) is 21.2. The van der Waals surface area contributed by atoms with E-state index in [9.17, 15) is 17.6 Å². The number of alkyl carbamates (subject to hydrolysis) is 1. The van der Waals surface area contributed by atoms with E-state index in [1.165, 1.54) is 16.1 Å². The Morgan fingerprint density at radius 2 is 1.76 bits per heavy atom. The summed E-state index contributed by atoms with van der Waals surface area (Å²) in [5, 5.41) is 3.44. The first-order valence-corrected chi connectivity index (χ1v) is 10.6. The van der Waals surface area contributed by atoms with Crippen LogP contribution in [0.15, 0.2) is 59.6 Å². The molecule has 0 atom stereocenters. The Morgan fingerprint density at radius 3 is 2.41 bits per heavy atom. The number of aromatic nitrogens is 1. The summed E-state index contributed by atoms with van der Waals surface area (Å²) in [6, 6.07) is 11.8. The number of carbonyl (C=O) groups is 1. The first kappa shape index (κ1) is 20.9. The lowest BCUT2D eigenvalue weighted by Crippen LogP contribution is -2.33. The van der Waals surface area contributed by atoms with Crippen molar-refractivity contribution in [3.8, 4) is 0 Å². The number of hydrogen-bond acceptors (Lipinski definition) is 4. The standard InChI is InChI=1S/C21H23FN2O4S/c1-21(2,3)28-20(25)23-13-12-15-14-24(19-7-5-4-6-18(15)19)29(26,27)17-10-8-16(22)9-11-17/h4-11,14H,12-13H2,1-3H3,(H,23,25). The van der Waals surface area contributed by atoms with Crippen molar-refractivity contribution in [3.05, 3.63) is 66.1 Å². The van der Waals surface area contributed by atoms with Crippen LogP contribution in [0.1, 0.15) is 26.3 Å². The normalized spacial score (nSPS) is 12.1. The van der Waals surface area contributed by atoms with Gasteiger partial charge in [-0.05, 0) is 63.1 Å². The molecular weight excluding hydrogens is 395 g/mol. The summed E-state index contributed by atoms with van der Waals surface area (Å²) in [7, 11) is -3.89. The summed E-state index contributed by atoms with van der Waals surface area (Å²) in [6.07, 6.45) is 1.44. The first-order valence-electron chi connectivity index (χ1n) is 9.15. The Kier molecular flexibility index (Phi) is 5.66. The van der Waals surface area contributed by atoms with E-state index in [1.807, 2.05) is 12.1 Å². The number of benzene rings is 2. The number of carbonyl (C=O) groups excluding carboxylic acids is 1. The van der Waals surface area contributed by atoms with Crippen molar-refractivity contribution in [2.75, 3.05) is 6.54 Å². The highest BCUT2D eigenvalue weighted by atomic mass is 32.2. The lowest BCUT2D eigenvalue weighted by molar-refractivity contribution is 0.0528. The molecule has 0 bridgehead atoms. The summed E-state index contributed by atoms with van der Waals surface area (Å²) >= 11 is 0. The van der Waals surface area contributed by atoms with E-state index in [0.29, 0.717) is 18.5 Å². The van der Waals surface area contributed by atoms with Crippen molar-refractivity contribution in [2.24, 2.45) is 0 Å². The molecule has 0 unspecified atom stereocenters. The largest absolute Gasteiger partial charge is 0.444 e. The minimum absolute atomic E-state index is 0.00177. The third-order valence-corrected chi connectivity index (χ3v) is 5.88. The zero-order valence-corrected chi connectivity index (χ0v) is 17.3. The molecular formula is C21H23FN2O4S. The van der Waals surface area contributed by atoms with Crippen molar-refractivity contribution in [1.82, 2.24) is 9.29 Å². The third-order valence-electron chi connectivity index (χ3n) is 4.19. The maximum atomic E-state index is 13.2. The Balaban J connectivity index is 1.88. The molecule has 0 aliphatic heterocycles. The van der Waals surface area contributed by atoms with Crippen molar-refractivity contribution >= 4 is 27.0 Å². The molecule has 6 nitrogen and oxygen atoms in total. The van der Waals surface area contributed by atoms with Gasteiger partial charge in [-0.25, -0.2) is 21.6 Å². The highest BCUT2D eigenvalue weighted by Crippen LogP contribution is 2.26. The molecule has 0 saturated carbocycles. The fraction of sp³-hybridized carbons (Fsp3) is 0.286. The van der Waals surface area contributed by atoms with Gasteiger partial charge in [-0.3, -0.25) is 0 Å². The number of nitrogens with one attached hydrogen (secondary N) is 1. The summed E-state index contributed by atoms with van der Waals surface area (Å²) < 4.78 is 45.7. The molecule has 0 aliphatic carbocycles. The predicted molar refractivity (Wildman–Crippen MR) is 109 cm³/mol. The molecule has 29 heavy (non-hydrogen) atoms. The Hall–Kier alpha value is -2.87. The van der Waals surface area contributed by atoms with Gasteiger partial charge < -0.3 is 10.1 Å². The number of nitrogens with zero attached hydrogens (tertiary/aromatic N) is 1. The fourth-order valence-electron chi connectivity index (χ4n) is 2.95. The van der Waals surface area contributed by atoms with Gasteiger partial charge in [0.2, 0.25) is 0 Å². The monoisotopic (exact) mass is 418 g/mol. The molecule has 1 heterocycles. The van der Waals surface area contributed by atoms with Gasteiger partial charge in [0.1, 0.15) is 11.4 Å². The molecule has 8 heteroatoms. The van der Waals surface area contributed by atoms with E-state index in [0.717, 1.165) is 23.1 Å². The topological polar surface area (TPSA) is 77.4 Å². The van der Waals surface area contributed by atoms with Gasteiger partial charge in [0, 0.05) is 18.1 Å². The van der Waals surface area contributed by atoms with Crippen molar-refractivity contribution in [2.45, 2.75) is 37.7 Å². The van der Waals surface area contributed by atoms with Crippen LogP contribution < -0.4 is 5.32 Å². The lowest BCUT2D eigenvalue weighted by atomic mass is 10.1. The average Bonchev–Trinajstić information content (AvgIpc) is 3.00. The summed E-state index contributed by atoms with van der Waals surface area (Å²) in [5.74, 6) is -0.504. The van der Waals surface area contributed by atoms with Crippen molar-refractivity contribution in [3.63, 3.8) is 0 Å². The SMILES string of the molecule is CC(C)(C)OC(=O)NCCc1cn(S(=O)(=O)c2ccc(F)cc2)c2ccccc12. The second-order valence-corrected chi connectivity index (χ2v) is 9.42. The zero-order valence-electron chi connectivity index (χ0n) is 16.5. The molecule has 3 aromatic rings. The van der Waals surface area contributed by atoms with Gasteiger partial charge in [0.05, 0.1) is 10.4 Å². The molecule has 154 valence electrons. The van der Waals surface area contributed by atoms with Crippen LogP contribution in [0.2, 0.25) is 0 Å². The average molecular weight is 418 g/mol. The van der Waals surface area contributed by atoms with E-state index in [4.69, 9.17) is 4.74 Å². The number of rotatable bonds is 5. The van der Waals surface area contributed by atoms with E-state index < -0.39 is 27.5 Å². The minimum Gasteiger partial charge on any atom is -0.444 e. The van der Waals surface area contributed by atoms with Gasteiger partial charge >= 0.3 is 6.09 Å². The van der Waals surface area contributed by atoms with Crippen LogP contribution in [0, 0.1) is 5.82 Å². The second-order valence-electron chi connectivity index (χ2n) is 7.60. The van der Waals surface area contributed by atoms with Gasteiger partial charge in [-0.1, -0.05) is 18.2 Å². The molecule has 0 radical (unpaired) electrons. The number of halogens is 1. The second kappa shape index (κ2) is 7.87. The smallest absolute Gasteiger partial charge is 0.407 e. The third kappa shape index (κ3) is 4.76. The number of para-hydroxylation sites is 1. The summed E-state index contributed by atoms with van der Waals surface area (Å²) in [5.41, 5.74) is 0.690.